The first-order chi connectivity index (χ1) is 13.0. The fraction of sp³-hybridized carbons (Fsp3) is 0.300. The molecule has 0 spiro atoms. The number of aryl methyl sites for hydroxylation is 2. The van der Waals surface area contributed by atoms with Crippen molar-refractivity contribution < 1.29 is 19.0 Å². The molecule has 0 unspecified atom stereocenters. The molecule has 1 aromatic heterocycles. The average Bonchev–Trinajstić information content (AvgIpc) is 2.95. The van der Waals surface area contributed by atoms with Crippen molar-refractivity contribution in [3.05, 3.63) is 46.3 Å². The summed E-state index contributed by atoms with van der Waals surface area (Å²) in [6.07, 6.45) is 0.242. The summed E-state index contributed by atoms with van der Waals surface area (Å²) in [7, 11) is 6.72. The maximum absolute atomic E-state index is 12.5. The van der Waals surface area contributed by atoms with Crippen molar-refractivity contribution in [1.29, 1.82) is 0 Å². The zero-order valence-electron chi connectivity index (χ0n) is 16.0. The Morgan fingerprint density at radius 3 is 2.33 bits per heavy atom. The van der Waals surface area contributed by atoms with E-state index in [4.69, 9.17) is 14.2 Å². The summed E-state index contributed by atoms with van der Waals surface area (Å²) in [4.78, 5) is 17.4. The van der Waals surface area contributed by atoms with Crippen molar-refractivity contribution in [2.24, 2.45) is 12.0 Å². The number of methoxy groups -OCH3 is 3. The Labute approximate surface area is 161 Å². The number of ether oxygens (including phenoxy) is 3. The van der Waals surface area contributed by atoms with Gasteiger partial charge in [0.2, 0.25) is 0 Å². The van der Waals surface area contributed by atoms with Crippen molar-refractivity contribution in [3.63, 3.8) is 0 Å². The van der Waals surface area contributed by atoms with Gasteiger partial charge >= 0.3 is 0 Å². The smallest absolute Gasteiger partial charge is 0.252 e. The van der Waals surface area contributed by atoms with Crippen LogP contribution >= 0.6 is 11.3 Å². The first kappa shape index (κ1) is 19.0. The molecule has 0 saturated carbocycles. The van der Waals surface area contributed by atoms with Gasteiger partial charge in [-0.15, -0.1) is 0 Å². The molecular formula is C20H22N2O4S. The third kappa shape index (κ3) is 3.83. The lowest BCUT2D eigenvalue weighted by atomic mass is 10.1. The van der Waals surface area contributed by atoms with Crippen LogP contribution in [0.3, 0.4) is 0 Å². The molecular weight excluding hydrogens is 364 g/mol. The zero-order chi connectivity index (χ0) is 19.6. The molecule has 0 aliphatic carbocycles. The molecule has 1 heterocycles. The molecule has 2 aromatic carbocycles. The molecule has 0 saturated heterocycles. The molecule has 6 nitrogen and oxygen atoms in total. The number of hydrogen-bond acceptors (Lipinski definition) is 5. The summed E-state index contributed by atoms with van der Waals surface area (Å²) in [6.45, 7) is 1.96. The number of carbonyl (C=O) groups excluding carboxylic acids is 1. The molecule has 7 heteroatoms. The van der Waals surface area contributed by atoms with Gasteiger partial charge in [0.15, 0.2) is 16.3 Å². The Kier molecular flexibility index (Phi) is 5.51. The Morgan fingerprint density at radius 1 is 1.04 bits per heavy atom. The van der Waals surface area contributed by atoms with Gasteiger partial charge in [-0.3, -0.25) is 4.79 Å². The van der Waals surface area contributed by atoms with Crippen LogP contribution in [0.25, 0.3) is 10.2 Å². The summed E-state index contributed by atoms with van der Waals surface area (Å²) in [6, 6.07) is 9.50. The normalized spacial score (nSPS) is 11.7. The number of carbonyl (C=O) groups is 1. The van der Waals surface area contributed by atoms with E-state index in [-0.39, 0.29) is 12.3 Å². The molecule has 0 atom stereocenters. The third-order valence-electron chi connectivity index (χ3n) is 4.35. The van der Waals surface area contributed by atoms with Gasteiger partial charge in [-0.05, 0) is 24.1 Å². The van der Waals surface area contributed by atoms with Gasteiger partial charge in [-0.1, -0.05) is 23.5 Å². The number of aromatic nitrogens is 1. The van der Waals surface area contributed by atoms with Crippen molar-refractivity contribution in [2.75, 3.05) is 21.3 Å². The second kappa shape index (κ2) is 7.84. The molecule has 0 aliphatic rings. The van der Waals surface area contributed by atoms with E-state index in [9.17, 15) is 4.79 Å². The van der Waals surface area contributed by atoms with Crippen LogP contribution in [0.2, 0.25) is 0 Å². The van der Waals surface area contributed by atoms with Crippen LogP contribution in [-0.2, 0) is 18.3 Å². The number of amides is 1. The zero-order valence-corrected chi connectivity index (χ0v) is 16.8. The van der Waals surface area contributed by atoms with Crippen molar-refractivity contribution in [3.8, 4) is 17.2 Å². The van der Waals surface area contributed by atoms with Crippen LogP contribution in [0, 0.1) is 6.92 Å². The lowest BCUT2D eigenvalue weighted by molar-refractivity contribution is -0.117. The minimum Gasteiger partial charge on any atom is -0.496 e. The van der Waals surface area contributed by atoms with Gasteiger partial charge in [-0.2, -0.15) is 4.99 Å². The predicted molar refractivity (Wildman–Crippen MR) is 106 cm³/mol. The molecule has 1 amide bonds. The first-order valence-electron chi connectivity index (χ1n) is 8.39. The largest absolute Gasteiger partial charge is 0.496 e. The number of benzene rings is 2. The van der Waals surface area contributed by atoms with E-state index in [1.807, 2.05) is 48.9 Å². The SMILES string of the molecule is COc1ccc(CC(=O)N=c2sc3cc(OC)c(OC)cc3n2C)cc1C. The maximum Gasteiger partial charge on any atom is 0.252 e. The highest BCUT2D eigenvalue weighted by Crippen LogP contribution is 2.33. The monoisotopic (exact) mass is 386 g/mol. The van der Waals surface area contributed by atoms with Gasteiger partial charge in [0, 0.05) is 19.2 Å². The highest BCUT2D eigenvalue weighted by molar-refractivity contribution is 7.16. The van der Waals surface area contributed by atoms with E-state index in [1.54, 1.807) is 21.3 Å². The van der Waals surface area contributed by atoms with Gasteiger partial charge in [0.05, 0.1) is 38.0 Å². The predicted octanol–water partition coefficient (Wildman–Crippen LogP) is 3.24. The first-order valence-corrected chi connectivity index (χ1v) is 9.21. The Bertz CT molecular complexity index is 1070. The topological polar surface area (TPSA) is 62.1 Å². The summed E-state index contributed by atoms with van der Waals surface area (Å²) >= 11 is 1.44. The van der Waals surface area contributed by atoms with Gasteiger partial charge in [-0.25, -0.2) is 0 Å². The van der Waals surface area contributed by atoms with Gasteiger partial charge in [0.1, 0.15) is 5.75 Å². The third-order valence-corrected chi connectivity index (χ3v) is 5.44. The highest BCUT2D eigenvalue weighted by Gasteiger charge is 2.12. The van der Waals surface area contributed by atoms with Crippen LogP contribution < -0.4 is 19.0 Å². The van der Waals surface area contributed by atoms with E-state index in [0.717, 1.165) is 27.1 Å². The molecule has 3 rings (SSSR count). The quantitative estimate of drug-likeness (QED) is 0.675. The number of thiazole rings is 1. The van der Waals surface area contributed by atoms with Gasteiger partial charge in [0.25, 0.3) is 5.91 Å². The number of nitrogens with zero attached hydrogens (tertiary/aromatic N) is 2. The standard InChI is InChI=1S/C20H22N2O4S/c1-12-8-13(6-7-15(12)24-3)9-19(23)21-20-22(2)14-10-16(25-4)17(26-5)11-18(14)27-20/h6-8,10-11H,9H2,1-5H3. The minimum absolute atomic E-state index is 0.194. The number of rotatable bonds is 5. The van der Waals surface area contributed by atoms with Crippen molar-refractivity contribution >= 4 is 27.5 Å². The summed E-state index contributed by atoms with van der Waals surface area (Å²) in [5.74, 6) is 1.91. The van der Waals surface area contributed by atoms with E-state index in [2.05, 4.69) is 4.99 Å². The molecule has 3 aromatic rings. The Morgan fingerprint density at radius 2 is 1.70 bits per heavy atom. The lowest BCUT2D eigenvalue weighted by Gasteiger charge is -2.07. The fourth-order valence-corrected chi connectivity index (χ4v) is 3.98. The molecule has 0 N–H and O–H groups in total. The van der Waals surface area contributed by atoms with E-state index in [1.165, 1.54) is 11.3 Å². The molecule has 142 valence electrons. The fourth-order valence-electron chi connectivity index (χ4n) is 2.93. The molecule has 27 heavy (non-hydrogen) atoms. The minimum atomic E-state index is -0.194. The van der Waals surface area contributed by atoms with Crippen molar-refractivity contribution in [2.45, 2.75) is 13.3 Å². The molecule has 0 radical (unpaired) electrons. The maximum atomic E-state index is 12.5. The lowest BCUT2D eigenvalue weighted by Crippen LogP contribution is -2.14. The van der Waals surface area contributed by atoms with Crippen molar-refractivity contribution in [1.82, 2.24) is 4.57 Å². The second-order valence-corrected chi connectivity index (χ2v) is 7.11. The van der Waals surface area contributed by atoms with Crippen LogP contribution in [0.4, 0.5) is 0 Å². The van der Waals surface area contributed by atoms with E-state index >= 15 is 0 Å². The van der Waals surface area contributed by atoms with E-state index < -0.39 is 0 Å². The number of hydrogen-bond donors (Lipinski definition) is 0. The number of fused-ring (bicyclic) bond motifs is 1. The van der Waals surface area contributed by atoms with E-state index in [0.29, 0.717) is 16.3 Å². The molecule has 0 fully saturated rings. The Hall–Kier alpha value is -2.80. The van der Waals surface area contributed by atoms with Gasteiger partial charge < -0.3 is 18.8 Å². The molecule has 0 bridgehead atoms. The highest BCUT2D eigenvalue weighted by atomic mass is 32.1. The van der Waals surface area contributed by atoms with Crippen LogP contribution in [0.15, 0.2) is 35.3 Å². The van der Waals surface area contributed by atoms with Crippen LogP contribution in [0.1, 0.15) is 11.1 Å². The summed E-state index contributed by atoms with van der Waals surface area (Å²) in [5, 5.41) is 0. The average molecular weight is 386 g/mol. The van der Waals surface area contributed by atoms with Crippen LogP contribution in [-0.4, -0.2) is 31.8 Å². The second-order valence-electron chi connectivity index (χ2n) is 6.10. The summed E-state index contributed by atoms with van der Waals surface area (Å²) in [5.41, 5.74) is 2.84. The summed E-state index contributed by atoms with van der Waals surface area (Å²) < 4.78 is 18.8. The Balaban J connectivity index is 1.94. The van der Waals surface area contributed by atoms with Crippen LogP contribution in [0.5, 0.6) is 17.2 Å². The molecule has 0 aliphatic heterocycles.